The number of likely N-dealkylation sites (tertiary alicyclic amines) is 1. The van der Waals surface area contributed by atoms with E-state index in [0.29, 0.717) is 30.4 Å². The normalized spacial score (nSPS) is 20.0. The maximum Gasteiger partial charge on any atom is 0.272 e. The zero-order valence-corrected chi connectivity index (χ0v) is 13.4. The molecule has 24 heavy (non-hydrogen) atoms. The van der Waals surface area contributed by atoms with Crippen LogP contribution in [0, 0.1) is 0 Å². The van der Waals surface area contributed by atoms with Gasteiger partial charge in [-0.3, -0.25) is 9.78 Å². The van der Waals surface area contributed by atoms with E-state index < -0.39 is 5.67 Å². The molecule has 2 aromatic rings. The first-order valence-corrected chi connectivity index (χ1v) is 8.38. The third-order valence-electron chi connectivity index (χ3n) is 4.80. The number of piperidine rings is 1. The summed E-state index contributed by atoms with van der Waals surface area (Å²) in [5, 5.41) is 0. The average Bonchev–Trinajstić information content (AvgIpc) is 3.48. The second-order valence-electron chi connectivity index (χ2n) is 6.55. The fourth-order valence-corrected chi connectivity index (χ4v) is 3.14. The molecule has 1 amide bonds. The fraction of sp³-hybridized carbons (Fsp3) is 0.444. The molecular formula is C18H19FN4O. The van der Waals surface area contributed by atoms with Crippen molar-refractivity contribution in [3.63, 3.8) is 0 Å². The van der Waals surface area contributed by atoms with E-state index in [4.69, 9.17) is 0 Å². The predicted molar refractivity (Wildman–Crippen MR) is 86.2 cm³/mol. The number of pyridine rings is 1. The highest BCUT2D eigenvalue weighted by molar-refractivity contribution is 5.92. The van der Waals surface area contributed by atoms with Crippen molar-refractivity contribution < 1.29 is 9.18 Å². The molecule has 124 valence electrons. The van der Waals surface area contributed by atoms with E-state index in [9.17, 15) is 4.79 Å². The van der Waals surface area contributed by atoms with Gasteiger partial charge in [0, 0.05) is 44.2 Å². The maximum atomic E-state index is 15.1. The van der Waals surface area contributed by atoms with E-state index in [2.05, 4.69) is 15.0 Å². The third-order valence-corrected chi connectivity index (χ3v) is 4.80. The molecule has 0 unspecified atom stereocenters. The average molecular weight is 326 g/mol. The highest BCUT2D eigenvalue weighted by Gasteiger charge is 2.39. The van der Waals surface area contributed by atoms with Crippen LogP contribution in [-0.4, -0.2) is 38.8 Å². The molecule has 0 atom stereocenters. The Labute approximate surface area is 140 Å². The molecule has 1 aliphatic heterocycles. The standard InChI is InChI=1S/C18H19FN4O/c19-18(15-3-1-2-9-20-15)7-11-23(12-8-18)17(24)14-6-10-21-16(22-14)13-4-5-13/h1-3,6,9-10,13H,4-5,7-8,11-12H2. The van der Waals surface area contributed by atoms with Crippen LogP contribution in [-0.2, 0) is 5.67 Å². The van der Waals surface area contributed by atoms with Crippen molar-refractivity contribution in [2.24, 2.45) is 0 Å². The van der Waals surface area contributed by atoms with E-state index in [0.717, 1.165) is 18.7 Å². The van der Waals surface area contributed by atoms with Crippen LogP contribution in [0.1, 0.15) is 53.6 Å². The van der Waals surface area contributed by atoms with Crippen LogP contribution in [0.25, 0.3) is 0 Å². The van der Waals surface area contributed by atoms with Crippen molar-refractivity contribution in [1.29, 1.82) is 0 Å². The molecule has 4 rings (SSSR count). The number of aromatic nitrogens is 3. The summed E-state index contributed by atoms with van der Waals surface area (Å²) in [6.07, 6.45) is 5.96. The van der Waals surface area contributed by atoms with Crippen LogP contribution in [0.2, 0.25) is 0 Å². The molecule has 0 N–H and O–H groups in total. The zero-order chi connectivity index (χ0) is 16.6. The Morgan fingerprint density at radius 2 is 1.92 bits per heavy atom. The third kappa shape index (κ3) is 2.88. The Morgan fingerprint density at radius 3 is 2.58 bits per heavy atom. The summed E-state index contributed by atoms with van der Waals surface area (Å²) in [6.45, 7) is 0.739. The summed E-state index contributed by atoms with van der Waals surface area (Å²) in [5.41, 5.74) is -0.589. The van der Waals surface area contributed by atoms with Crippen molar-refractivity contribution in [2.75, 3.05) is 13.1 Å². The van der Waals surface area contributed by atoms with Gasteiger partial charge in [0.1, 0.15) is 11.5 Å². The van der Waals surface area contributed by atoms with Crippen LogP contribution in [0.5, 0.6) is 0 Å². The largest absolute Gasteiger partial charge is 0.337 e. The number of rotatable bonds is 3. The van der Waals surface area contributed by atoms with E-state index in [-0.39, 0.29) is 18.7 Å². The van der Waals surface area contributed by atoms with Gasteiger partial charge < -0.3 is 4.90 Å². The molecule has 2 aromatic heterocycles. The predicted octanol–water partition coefficient (Wildman–Crippen LogP) is 2.85. The number of hydrogen-bond donors (Lipinski definition) is 0. The number of carbonyl (C=O) groups is 1. The topological polar surface area (TPSA) is 59.0 Å². The fourth-order valence-electron chi connectivity index (χ4n) is 3.14. The molecule has 3 heterocycles. The Kier molecular flexibility index (Phi) is 3.75. The second kappa shape index (κ2) is 5.92. The minimum absolute atomic E-state index is 0.137. The van der Waals surface area contributed by atoms with E-state index in [1.165, 1.54) is 0 Å². The molecule has 2 fully saturated rings. The lowest BCUT2D eigenvalue weighted by molar-refractivity contribution is 0.0398. The number of amides is 1. The first-order chi connectivity index (χ1) is 11.7. The first kappa shape index (κ1) is 15.2. The van der Waals surface area contributed by atoms with Gasteiger partial charge in [0.25, 0.3) is 5.91 Å². The second-order valence-corrected chi connectivity index (χ2v) is 6.55. The summed E-state index contributed by atoms with van der Waals surface area (Å²) >= 11 is 0. The Hall–Kier alpha value is -2.37. The zero-order valence-electron chi connectivity index (χ0n) is 13.4. The molecule has 1 saturated carbocycles. The minimum atomic E-state index is -1.46. The summed E-state index contributed by atoms with van der Waals surface area (Å²) < 4.78 is 15.1. The van der Waals surface area contributed by atoms with Crippen LogP contribution < -0.4 is 0 Å². The molecule has 0 aromatic carbocycles. The smallest absolute Gasteiger partial charge is 0.272 e. The molecule has 6 heteroatoms. The lowest BCUT2D eigenvalue weighted by Crippen LogP contribution is -2.44. The summed E-state index contributed by atoms with van der Waals surface area (Å²) in [4.78, 5) is 27.1. The molecule has 5 nitrogen and oxygen atoms in total. The Balaban J connectivity index is 1.45. The van der Waals surface area contributed by atoms with Gasteiger partial charge in [0.05, 0.1) is 5.69 Å². The van der Waals surface area contributed by atoms with Crippen LogP contribution in [0.15, 0.2) is 36.7 Å². The highest BCUT2D eigenvalue weighted by Crippen LogP contribution is 2.38. The van der Waals surface area contributed by atoms with Gasteiger partial charge in [-0.25, -0.2) is 14.4 Å². The lowest BCUT2D eigenvalue weighted by Gasteiger charge is -2.35. The van der Waals surface area contributed by atoms with Gasteiger partial charge in [-0.2, -0.15) is 0 Å². The summed E-state index contributed by atoms with van der Waals surface area (Å²) in [7, 11) is 0. The van der Waals surface area contributed by atoms with Gasteiger partial charge in [-0.05, 0) is 31.0 Å². The van der Waals surface area contributed by atoms with E-state index in [1.54, 1.807) is 41.6 Å². The molecule has 0 spiro atoms. The van der Waals surface area contributed by atoms with Gasteiger partial charge in [0.15, 0.2) is 5.67 Å². The number of halogens is 1. The van der Waals surface area contributed by atoms with E-state index in [1.807, 2.05) is 0 Å². The van der Waals surface area contributed by atoms with Crippen molar-refractivity contribution in [3.05, 3.63) is 53.9 Å². The van der Waals surface area contributed by atoms with Crippen LogP contribution in [0.3, 0.4) is 0 Å². The molecule has 2 aliphatic rings. The number of carbonyl (C=O) groups excluding carboxylic acids is 1. The minimum Gasteiger partial charge on any atom is -0.337 e. The van der Waals surface area contributed by atoms with Crippen LogP contribution >= 0.6 is 0 Å². The summed E-state index contributed by atoms with van der Waals surface area (Å²) in [6, 6.07) is 6.92. The quantitative estimate of drug-likeness (QED) is 0.870. The SMILES string of the molecule is O=C(c1ccnc(C2CC2)n1)N1CCC(F)(c2ccccn2)CC1. The van der Waals surface area contributed by atoms with Gasteiger partial charge in [-0.1, -0.05) is 6.07 Å². The van der Waals surface area contributed by atoms with Crippen molar-refractivity contribution >= 4 is 5.91 Å². The number of alkyl halides is 1. The summed E-state index contributed by atoms with van der Waals surface area (Å²) in [5.74, 6) is 1.02. The molecular weight excluding hydrogens is 307 g/mol. The van der Waals surface area contributed by atoms with Gasteiger partial charge in [-0.15, -0.1) is 0 Å². The number of hydrogen-bond acceptors (Lipinski definition) is 4. The van der Waals surface area contributed by atoms with Gasteiger partial charge >= 0.3 is 0 Å². The van der Waals surface area contributed by atoms with Crippen molar-refractivity contribution in [2.45, 2.75) is 37.3 Å². The number of nitrogens with zero attached hydrogens (tertiary/aromatic N) is 4. The molecule has 1 saturated heterocycles. The van der Waals surface area contributed by atoms with E-state index >= 15 is 4.39 Å². The first-order valence-electron chi connectivity index (χ1n) is 8.38. The van der Waals surface area contributed by atoms with Crippen molar-refractivity contribution in [1.82, 2.24) is 19.9 Å². The molecule has 0 radical (unpaired) electrons. The highest BCUT2D eigenvalue weighted by atomic mass is 19.1. The molecule has 1 aliphatic carbocycles. The monoisotopic (exact) mass is 326 g/mol. The Morgan fingerprint density at radius 1 is 1.12 bits per heavy atom. The molecule has 0 bridgehead atoms. The van der Waals surface area contributed by atoms with Gasteiger partial charge in [0.2, 0.25) is 0 Å². The lowest BCUT2D eigenvalue weighted by atomic mass is 9.89. The maximum absolute atomic E-state index is 15.1. The van der Waals surface area contributed by atoms with Crippen molar-refractivity contribution in [3.8, 4) is 0 Å². The van der Waals surface area contributed by atoms with Crippen LogP contribution in [0.4, 0.5) is 4.39 Å². The Bertz CT molecular complexity index is 740.